The van der Waals surface area contributed by atoms with Gasteiger partial charge in [-0.2, -0.15) is 0 Å². The molecule has 1 aromatic heterocycles. The van der Waals surface area contributed by atoms with Crippen LogP contribution in [0.1, 0.15) is 46.6 Å². The highest BCUT2D eigenvalue weighted by Gasteiger charge is 2.26. The maximum atomic E-state index is 11.8. The second-order valence-corrected chi connectivity index (χ2v) is 4.42. The number of nitrogens with one attached hydrogen (secondary N) is 1. The average molecular weight is 213 g/mol. The average Bonchev–Trinajstić information content (AvgIpc) is 2.66. The molecule has 0 unspecified atom stereocenters. The van der Waals surface area contributed by atoms with E-state index in [1.807, 2.05) is 0 Å². The lowest BCUT2D eigenvalue weighted by Gasteiger charge is -2.15. The lowest BCUT2D eigenvalue weighted by atomic mass is 9.92. The first-order chi connectivity index (χ1) is 9.09. The molecule has 0 radical (unpaired) electrons. The van der Waals surface area contributed by atoms with E-state index in [9.17, 15) is 4.79 Å². The van der Waals surface area contributed by atoms with Gasteiger partial charge < -0.3 is 5.32 Å². The Bertz CT molecular complexity index is 608. The van der Waals surface area contributed by atoms with Gasteiger partial charge in [0.05, 0.1) is 4.88 Å². The third-order valence-corrected chi connectivity index (χ3v) is 3.70. The number of hydrogen-bond donors (Lipinski definition) is 1. The minimum Gasteiger partial charge on any atom is -0.351 e. The predicted octanol–water partition coefficient (Wildman–Crippen LogP) is 1.91. The van der Waals surface area contributed by atoms with Crippen molar-refractivity contribution in [2.45, 2.75) is 32.0 Å². The van der Waals surface area contributed by atoms with Crippen molar-refractivity contribution in [1.82, 2.24) is 5.32 Å². The van der Waals surface area contributed by atoms with E-state index in [4.69, 9.17) is 8.22 Å². The summed E-state index contributed by atoms with van der Waals surface area (Å²) in [4.78, 5) is 12.7. The summed E-state index contributed by atoms with van der Waals surface area (Å²) < 4.78 is 47.7. The van der Waals surface area contributed by atoms with Crippen LogP contribution in [-0.4, -0.2) is 12.5 Å². The van der Waals surface area contributed by atoms with Gasteiger partial charge in [-0.05, 0) is 43.1 Å². The highest BCUT2D eigenvalue weighted by atomic mass is 32.1. The van der Waals surface area contributed by atoms with Crippen molar-refractivity contribution in [3.05, 3.63) is 20.9 Å². The van der Waals surface area contributed by atoms with Crippen LogP contribution in [-0.2, 0) is 19.2 Å². The van der Waals surface area contributed by atoms with E-state index in [2.05, 4.69) is 5.32 Å². The third-order valence-electron chi connectivity index (χ3n) is 2.47. The van der Waals surface area contributed by atoms with E-state index in [1.165, 1.54) is 0 Å². The fourth-order valence-electron chi connectivity index (χ4n) is 1.82. The van der Waals surface area contributed by atoms with Crippen LogP contribution in [0.25, 0.3) is 0 Å². The Morgan fingerprint density at radius 2 is 2.21 bits per heavy atom. The second-order valence-electron chi connectivity index (χ2n) is 3.32. The molecule has 1 aromatic rings. The first-order valence-corrected chi connectivity index (χ1v) is 5.34. The summed E-state index contributed by atoms with van der Waals surface area (Å²) in [5.74, 6) is -0.275. The molecule has 2 nitrogen and oxygen atoms in total. The van der Waals surface area contributed by atoms with E-state index < -0.39 is 19.1 Å². The monoisotopic (exact) mass is 213 g/mol. The van der Waals surface area contributed by atoms with Gasteiger partial charge in [0.1, 0.15) is 0 Å². The molecule has 0 aromatic carbocycles. The number of amides is 1. The zero-order chi connectivity index (χ0) is 14.9. The molecule has 1 N–H and O–H groups in total. The van der Waals surface area contributed by atoms with Crippen molar-refractivity contribution in [3.63, 3.8) is 0 Å². The lowest BCUT2D eigenvalue weighted by Crippen LogP contribution is -2.30. The molecular weight excluding hydrogens is 194 g/mol. The fourth-order valence-corrected chi connectivity index (χ4v) is 2.98. The zero-order valence-corrected chi connectivity index (χ0v) is 8.25. The van der Waals surface area contributed by atoms with Crippen molar-refractivity contribution < 1.29 is 13.0 Å². The van der Waals surface area contributed by atoms with Gasteiger partial charge in [0.15, 0.2) is 0 Å². The topological polar surface area (TPSA) is 29.1 Å². The predicted molar refractivity (Wildman–Crippen MR) is 57.0 cm³/mol. The number of aryl methyl sites for hydroxylation is 1. The van der Waals surface area contributed by atoms with Gasteiger partial charge in [-0.15, -0.1) is 11.3 Å². The van der Waals surface area contributed by atoms with Crippen molar-refractivity contribution in [1.29, 1.82) is 0 Å². The van der Waals surface area contributed by atoms with Crippen LogP contribution in [0.4, 0.5) is 0 Å². The molecule has 3 heteroatoms. The van der Waals surface area contributed by atoms with Gasteiger partial charge in [-0.25, -0.2) is 0 Å². The highest BCUT2D eigenvalue weighted by Crippen LogP contribution is 2.35. The van der Waals surface area contributed by atoms with Gasteiger partial charge in [0.2, 0.25) is 0 Å². The van der Waals surface area contributed by atoms with E-state index in [0.29, 0.717) is 28.3 Å². The standard InChI is InChI=1S/C11H13NOS/c13-11-10-8(5-6-12-11)7-3-1-2-4-9(7)14-10/h1-6H2,(H,12,13)/i1D2,2D2,3D2. The van der Waals surface area contributed by atoms with E-state index in [0.717, 1.165) is 11.3 Å². The Balaban J connectivity index is 2.28. The molecule has 1 aliphatic heterocycles. The van der Waals surface area contributed by atoms with Gasteiger partial charge >= 0.3 is 0 Å². The SMILES string of the molecule is [2H]C1([2H])Cc2sc3c(c2C([2H])([2H])C1([2H])[2H])CCNC3=O. The minimum absolute atomic E-state index is 0.195. The largest absolute Gasteiger partial charge is 0.351 e. The highest BCUT2D eigenvalue weighted by molar-refractivity contribution is 7.14. The first kappa shape index (κ1) is 4.35. The molecule has 2 heterocycles. The molecule has 2 aliphatic rings. The summed E-state index contributed by atoms with van der Waals surface area (Å²) in [6.07, 6.45) is -7.10. The van der Waals surface area contributed by atoms with Crippen LogP contribution >= 0.6 is 11.3 Å². The van der Waals surface area contributed by atoms with E-state index in [-0.39, 0.29) is 17.9 Å². The Hall–Kier alpha value is -0.830. The normalized spacial score (nSPS) is 37.0. The molecule has 3 rings (SSSR count). The Kier molecular flexibility index (Phi) is 0.960. The van der Waals surface area contributed by atoms with Crippen molar-refractivity contribution in [2.24, 2.45) is 0 Å². The third kappa shape index (κ3) is 1.12. The number of carbonyl (C=O) groups excluding carboxylic acids is 1. The Morgan fingerprint density at radius 1 is 1.29 bits per heavy atom. The van der Waals surface area contributed by atoms with Gasteiger partial charge in [0, 0.05) is 19.6 Å². The van der Waals surface area contributed by atoms with Crippen LogP contribution in [0.3, 0.4) is 0 Å². The molecule has 0 spiro atoms. The van der Waals surface area contributed by atoms with Crippen LogP contribution < -0.4 is 5.32 Å². The van der Waals surface area contributed by atoms with Crippen molar-refractivity contribution >= 4 is 17.2 Å². The summed E-state index contributed by atoms with van der Waals surface area (Å²) in [5, 5.41) is 2.68. The maximum absolute atomic E-state index is 11.8. The lowest BCUT2D eigenvalue weighted by molar-refractivity contribution is 0.0950. The summed E-state index contributed by atoms with van der Waals surface area (Å²) in [7, 11) is 0. The molecule has 0 atom stereocenters. The summed E-state index contributed by atoms with van der Waals surface area (Å²) >= 11 is 1.09. The van der Waals surface area contributed by atoms with Crippen molar-refractivity contribution in [3.8, 4) is 0 Å². The number of thiophene rings is 1. The molecule has 1 amide bonds. The van der Waals surface area contributed by atoms with E-state index in [1.54, 1.807) is 0 Å². The van der Waals surface area contributed by atoms with Crippen LogP contribution in [0, 0.1) is 0 Å². The molecule has 74 valence electrons. The second kappa shape index (κ2) is 3.09. The molecular formula is C11H13NOS. The van der Waals surface area contributed by atoms with Gasteiger partial charge in [-0.1, -0.05) is 0 Å². The zero-order valence-electron chi connectivity index (χ0n) is 13.4. The van der Waals surface area contributed by atoms with Gasteiger partial charge in [-0.3, -0.25) is 4.79 Å². The maximum Gasteiger partial charge on any atom is 0.261 e. The number of rotatable bonds is 0. The number of hydrogen-bond acceptors (Lipinski definition) is 2. The molecule has 0 bridgehead atoms. The molecule has 0 saturated heterocycles. The number of fused-ring (bicyclic) bond motifs is 3. The summed E-state index contributed by atoms with van der Waals surface area (Å²) in [5.41, 5.74) is 0.755. The summed E-state index contributed by atoms with van der Waals surface area (Å²) in [6, 6.07) is 0. The molecule has 0 fully saturated rings. The summed E-state index contributed by atoms with van der Waals surface area (Å²) in [6.45, 7) is 0.404. The number of carbonyl (C=O) groups is 1. The Labute approximate surface area is 95.8 Å². The smallest absolute Gasteiger partial charge is 0.261 e. The first-order valence-electron chi connectivity index (χ1n) is 7.53. The molecule has 1 aliphatic carbocycles. The molecule has 14 heavy (non-hydrogen) atoms. The van der Waals surface area contributed by atoms with Crippen LogP contribution in [0.2, 0.25) is 0 Å². The minimum atomic E-state index is -2.63. The Morgan fingerprint density at radius 3 is 3.14 bits per heavy atom. The van der Waals surface area contributed by atoms with Gasteiger partial charge in [0.25, 0.3) is 5.91 Å². The van der Waals surface area contributed by atoms with E-state index >= 15 is 0 Å². The quantitative estimate of drug-likeness (QED) is 0.701. The van der Waals surface area contributed by atoms with Crippen molar-refractivity contribution in [2.75, 3.05) is 6.54 Å². The van der Waals surface area contributed by atoms with Crippen LogP contribution in [0.15, 0.2) is 0 Å². The van der Waals surface area contributed by atoms with Crippen LogP contribution in [0.5, 0.6) is 0 Å². The molecule has 0 saturated carbocycles. The fraction of sp³-hybridized carbons (Fsp3) is 0.545.